The van der Waals surface area contributed by atoms with Crippen LogP contribution in [-0.4, -0.2) is 25.2 Å². The van der Waals surface area contributed by atoms with Crippen molar-refractivity contribution in [3.63, 3.8) is 0 Å². The van der Waals surface area contributed by atoms with Crippen molar-refractivity contribution < 1.29 is 23.8 Å². The van der Waals surface area contributed by atoms with Gasteiger partial charge in [-0.1, -0.05) is 54.1 Å². The van der Waals surface area contributed by atoms with E-state index in [1.165, 1.54) is 0 Å². The molecule has 1 spiro atoms. The number of carbonyl (C=O) groups is 2. The number of hydrogen-bond donors (Lipinski definition) is 1. The van der Waals surface area contributed by atoms with Gasteiger partial charge in [0.25, 0.3) is 5.91 Å². The Morgan fingerprint density at radius 2 is 1.56 bits per heavy atom. The fraction of sp³-hybridized carbons (Fsp3) is 0.161. The van der Waals surface area contributed by atoms with Gasteiger partial charge in [0, 0.05) is 34.4 Å². The molecule has 0 radical (unpaired) electrons. The zero-order chi connectivity index (χ0) is 26.6. The molecule has 0 bridgehead atoms. The molecule has 7 rings (SSSR count). The lowest BCUT2D eigenvalue weighted by Crippen LogP contribution is -2.42. The summed E-state index contributed by atoms with van der Waals surface area (Å²) < 4.78 is 17.2. The summed E-state index contributed by atoms with van der Waals surface area (Å²) in [6.07, 6.45) is 0. The highest BCUT2D eigenvalue weighted by atomic mass is 35.5. The van der Waals surface area contributed by atoms with Crippen LogP contribution in [-0.2, 0) is 23.3 Å². The minimum Gasteiger partial charge on any atom is -0.491 e. The Bertz CT molecular complexity index is 1620. The first kappa shape index (κ1) is 23.6. The zero-order valence-corrected chi connectivity index (χ0v) is 21.5. The van der Waals surface area contributed by atoms with Crippen molar-refractivity contribution in [1.82, 2.24) is 5.32 Å². The number of ether oxygens (including phenoxy) is 3. The molecule has 4 aromatic carbocycles. The smallest absolute Gasteiger partial charge is 0.251 e. The number of nitrogens with one attached hydrogen (secondary N) is 1. The fourth-order valence-electron chi connectivity index (χ4n) is 5.55. The second-order valence-electron chi connectivity index (χ2n) is 9.81. The molecular formula is C31H23ClN2O5. The molecular weight excluding hydrogens is 516 g/mol. The summed E-state index contributed by atoms with van der Waals surface area (Å²) >= 11 is 5.93. The van der Waals surface area contributed by atoms with Crippen molar-refractivity contribution >= 4 is 29.1 Å². The molecule has 0 fully saturated rings. The maximum atomic E-state index is 14.2. The quantitative estimate of drug-likeness (QED) is 0.377. The largest absolute Gasteiger partial charge is 0.491 e. The van der Waals surface area contributed by atoms with Gasteiger partial charge in [0.1, 0.15) is 17.8 Å². The molecule has 8 heteroatoms. The first-order valence-corrected chi connectivity index (χ1v) is 13.0. The molecule has 0 saturated carbocycles. The zero-order valence-electron chi connectivity index (χ0n) is 20.8. The Hall–Kier alpha value is -4.49. The van der Waals surface area contributed by atoms with Crippen molar-refractivity contribution in [3.8, 4) is 17.2 Å². The van der Waals surface area contributed by atoms with E-state index in [4.69, 9.17) is 25.8 Å². The number of halogens is 1. The third-order valence-corrected chi connectivity index (χ3v) is 7.82. The molecule has 0 aliphatic carbocycles. The van der Waals surface area contributed by atoms with E-state index in [-0.39, 0.29) is 25.2 Å². The molecule has 3 aliphatic rings. The van der Waals surface area contributed by atoms with Crippen LogP contribution in [0.1, 0.15) is 32.6 Å². The average Bonchev–Trinajstić information content (AvgIpc) is 3.64. The fourth-order valence-corrected chi connectivity index (χ4v) is 5.68. The van der Waals surface area contributed by atoms with Gasteiger partial charge in [-0.15, -0.1) is 0 Å². The van der Waals surface area contributed by atoms with E-state index < -0.39 is 5.41 Å². The molecule has 39 heavy (non-hydrogen) atoms. The van der Waals surface area contributed by atoms with Gasteiger partial charge in [-0.3, -0.25) is 9.59 Å². The van der Waals surface area contributed by atoms with Crippen LogP contribution in [0.15, 0.2) is 84.9 Å². The van der Waals surface area contributed by atoms with Gasteiger partial charge < -0.3 is 24.4 Å². The first-order valence-electron chi connectivity index (χ1n) is 12.6. The van der Waals surface area contributed by atoms with Gasteiger partial charge in [-0.25, -0.2) is 0 Å². The number of anilines is 1. The predicted octanol–water partition coefficient (Wildman–Crippen LogP) is 5.22. The lowest BCUT2D eigenvalue weighted by molar-refractivity contribution is -0.122. The third kappa shape index (κ3) is 3.81. The van der Waals surface area contributed by atoms with E-state index in [0.717, 1.165) is 27.9 Å². The lowest BCUT2D eigenvalue weighted by atomic mass is 9.77. The lowest BCUT2D eigenvalue weighted by Gasteiger charge is -2.23. The predicted molar refractivity (Wildman–Crippen MR) is 146 cm³/mol. The number of para-hydroxylation sites is 1. The van der Waals surface area contributed by atoms with E-state index in [1.54, 1.807) is 29.2 Å². The van der Waals surface area contributed by atoms with Gasteiger partial charge in [0.05, 0.1) is 6.54 Å². The van der Waals surface area contributed by atoms with E-state index in [0.29, 0.717) is 40.9 Å². The Balaban J connectivity index is 1.13. The summed E-state index contributed by atoms with van der Waals surface area (Å²) in [6.45, 7) is 1.13. The van der Waals surface area contributed by atoms with Crippen molar-refractivity contribution in [1.29, 1.82) is 0 Å². The molecule has 1 N–H and O–H groups in total. The summed E-state index contributed by atoms with van der Waals surface area (Å²) in [5.41, 5.74) is 4.02. The molecule has 0 saturated heterocycles. The standard InChI is InChI=1S/C31H23ClN2O5/c32-22-11-7-19(8-12-22)15-33-29(35)21-9-5-20(6-10-21)16-34-25-4-2-1-3-23(25)31(30(34)36)17-37-26-14-28-27(13-24(26)31)38-18-39-28/h1-14H,15-18H2,(H,33,35). The van der Waals surface area contributed by atoms with Crippen LogP contribution in [0.25, 0.3) is 0 Å². The number of hydrogen-bond acceptors (Lipinski definition) is 5. The highest BCUT2D eigenvalue weighted by Crippen LogP contribution is 2.55. The van der Waals surface area contributed by atoms with Crippen molar-refractivity contribution in [3.05, 3.63) is 118 Å². The molecule has 4 aromatic rings. The Kier molecular flexibility index (Phi) is 5.49. The number of benzene rings is 4. The van der Waals surface area contributed by atoms with Crippen molar-refractivity contribution in [2.45, 2.75) is 18.5 Å². The minimum absolute atomic E-state index is 0.0499. The second-order valence-corrected chi connectivity index (χ2v) is 10.2. The van der Waals surface area contributed by atoms with Crippen molar-refractivity contribution in [2.24, 2.45) is 0 Å². The minimum atomic E-state index is -0.950. The Labute approximate surface area is 229 Å². The molecule has 3 aliphatic heterocycles. The van der Waals surface area contributed by atoms with Crippen LogP contribution in [0.5, 0.6) is 17.2 Å². The third-order valence-electron chi connectivity index (χ3n) is 7.57. The summed E-state index contributed by atoms with van der Waals surface area (Å²) in [5, 5.41) is 3.58. The molecule has 1 atom stereocenters. The van der Waals surface area contributed by atoms with E-state index in [2.05, 4.69) is 5.32 Å². The van der Waals surface area contributed by atoms with Gasteiger partial charge in [-0.05, 0) is 53.1 Å². The maximum absolute atomic E-state index is 14.2. The number of carbonyl (C=O) groups excluding carboxylic acids is 2. The van der Waals surface area contributed by atoms with E-state index >= 15 is 0 Å². The topological polar surface area (TPSA) is 77.1 Å². The van der Waals surface area contributed by atoms with Crippen LogP contribution < -0.4 is 24.4 Å². The van der Waals surface area contributed by atoms with Crippen LogP contribution in [0, 0.1) is 0 Å². The molecule has 2 amide bonds. The van der Waals surface area contributed by atoms with Crippen LogP contribution in [0.2, 0.25) is 5.02 Å². The summed E-state index contributed by atoms with van der Waals surface area (Å²) in [6, 6.07) is 26.2. The summed E-state index contributed by atoms with van der Waals surface area (Å²) in [5.74, 6) is 1.66. The average molecular weight is 539 g/mol. The summed E-state index contributed by atoms with van der Waals surface area (Å²) in [4.78, 5) is 28.7. The molecule has 7 nitrogen and oxygen atoms in total. The van der Waals surface area contributed by atoms with Gasteiger partial charge >= 0.3 is 0 Å². The monoisotopic (exact) mass is 538 g/mol. The van der Waals surface area contributed by atoms with Crippen LogP contribution in [0.4, 0.5) is 5.69 Å². The van der Waals surface area contributed by atoms with Gasteiger partial charge in [0.15, 0.2) is 11.5 Å². The maximum Gasteiger partial charge on any atom is 0.251 e. The Morgan fingerprint density at radius 1 is 0.846 bits per heavy atom. The van der Waals surface area contributed by atoms with Crippen LogP contribution >= 0.6 is 11.6 Å². The normalized spacial score (nSPS) is 18.2. The molecule has 194 valence electrons. The second kappa shape index (κ2) is 9.06. The highest BCUT2D eigenvalue weighted by Gasteiger charge is 2.57. The van der Waals surface area contributed by atoms with Crippen molar-refractivity contribution in [2.75, 3.05) is 18.3 Å². The SMILES string of the molecule is O=C(NCc1ccc(Cl)cc1)c1ccc(CN2C(=O)C3(COc4cc5c(cc43)OCO5)c3ccccc32)cc1. The Morgan fingerprint density at radius 3 is 2.36 bits per heavy atom. The molecule has 3 heterocycles. The molecule has 0 aromatic heterocycles. The number of nitrogens with zero attached hydrogens (tertiary/aromatic N) is 1. The first-order chi connectivity index (χ1) is 19.0. The number of amides is 2. The van der Waals surface area contributed by atoms with Crippen LogP contribution in [0.3, 0.4) is 0 Å². The van der Waals surface area contributed by atoms with E-state index in [9.17, 15) is 9.59 Å². The van der Waals surface area contributed by atoms with E-state index in [1.807, 2.05) is 60.7 Å². The molecule has 1 unspecified atom stereocenters. The van der Waals surface area contributed by atoms with Gasteiger partial charge in [0.2, 0.25) is 12.7 Å². The number of fused-ring (bicyclic) bond motifs is 5. The highest BCUT2D eigenvalue weighted by molar-refractivity contribution is 6.30. The number of rotatable bonds is 5. The van der Waals surface area contributed by atoms with Gasteiger partial charge in [-0.2, -0.15) is 0 Å². The summed E-state index contributed by atoms with van der Waals surface area (Å²) in [7, 11) is 0.